The fourth-order valence-corrected chi connectivity index (χ4v) is 2.41. The molecule has 2 atom stereocenters. The number of halogens is 1. The molecule has 0 saturated heterocycles. The van der Waals surface area contributed by atoms with Crippen molar-refractivity contribution >= 4 is 0 Å². The van der Waals surface area contributed by atoms with Gasteiger partial charge in [0.15, 0.2) is 0 Å². The van der Waals surface area contributed by atoms with Crippen molar-refractivity contribution in [1.29, 1.82) is 0 Å². The van der Waals surface area contributed by atoms with Gasteiger partial charge in [0.2, 0.25) is 0 Å². The lowest BCUT2D eigenvalue weighted by Gasteiger charge is -2.15. The van der Waals surface area contributed by atoms with E-state index in [4.69, 9.17) is 0 Å². The zero-order valence-corrected chi connectivity index (χ0v) is 16.3. The maximum absolute atomic E-state index is 12.6. The summed E-state index contributed by atoms with van der Waals surface area (Å²) in [6.45, 7) is 15.5. The summed E-state index contributed by atoms with van der Waals surface area (Å²) < 4.78 is 12.6. The van der Waals surface area contributed by atoms with Crippen LogP contribution in [-0.4, -0.2) is 0 Å². The quantitative estimate of drug-likeness (QED) is 0.550. The minimum atomic E-state index is -0.158. The Kier molecular flexibility index (Phi) is 8.18. The highest BCUT2D eigenvalue weighted by atomic mass is 19.1. The maximum atomic E-state index is 12.6. The summed E-state index contributed by atoms with van der Waals surface area (Å²) in [5, 5.41) is 0. The zero-order valence-electron chi connectivity index (χ0n) is 16.3. The highest BCUT2D eigenvalue weighted by Crippen LogP contribution is 2.24. The second-order valence-corrected chi connectivity index (χ2v) is 7.53. The minimum Gasteiger partial charge on any atom is -0.207 e. The number of rotatable bonds is 4. The van der Waals surface area contributed by atoms with Crippen molar-refractivity contribution in [2.24, 2.45) is 11.8 Å². The monoisotopic (exact) mass is 328 g/mol. The Morgan fingerprint density at radius 2 is 0.917 bits per heavy atom. The van der Waals surface area contributed by atoms with Crippen LogP contribution < -0.4 is 0 Å². The van der Waals surface area contributed by atoms with Gasteiger partial charge in [-0.25, -0.2) is 4.39 Å². The van der Waals surface area contributed by atoms with E-state index >= 15 is 0 Å². The number of benzene rings is 2. The average Bonchev–Trinajstić information content (AvgIpc) is 2.55. The lowest BCUT2D eigenvalue weighted by atomic mass is 9.90. The van der Waals surface area contributed by atoms with Gasteiger partial charge in [-0.05, 0) is 53.9 Å². The van der Waals surface area contributed by atoms with Gasteiger partial charge >= 0.3 is 0 Å². The second kappa shape index (κ2) is 9.61. The van der Waals surface area contributed by atoms with Crippen molar-refractivity contribution in [3.63, 3.8) is 0 Å². The molecule has 0 nitrogen and oxygen atoms in total. The second-order valence-electron chi connectivity index (χ2n) is 7.53. The van der Waals surface area contributed by atoms with E-state index in [0.717, 1.165) is 5.92 Å². The Morgan fingerprint density at radius 1 is 0.583 bits per heavy atom. The van der Waals surface area contributed by atoms with Crippen molar-refractivity contribution in [2.45, 2.75) is 60.3 Å². The standard InChI is InChI=1S/C12H18.C11H15F/c1-9(2)11(4)12-7-5-10(3)6-8-12;1-8(2)9(3)10-4-6-11(12)7-5-10/h5-9,11H,1-4H3;4-9H,1-3H3/t11-;9-/m00/s1. The van der Waals surface area contributed by atoms with Gasteiger partial charge in [0.25, 0.3) is 0 Å². The Balaban J connectivity index is 0.000000240. The van der Waals surface area contributed by atoms with Crippen LogP contribution in [0.2, 0.25) is 0 Å². The van der Waals surface area contributed by atoms with Crippen molar-refractivity contribution in [3.8, 4) is 0 Å². The molecule has 2 aromatic rings. The van der Waals surface area contributed by atoms with Crippen LogP contribution in [0, 0.1) is 24.6 Å². The third-order valence-corrected chi connectivity index (χ3v) is 5.00. The summed E-state index contributed by atoms with van der Waals surface area (Å²) in [7, 11) is 0. The Morgan fingerprint density at radius 3 is 1.25 bits per heavy atom. The lowest BCUT2D eigenvalue weighted by Crippen LogP contribution is -2.01. The molecular formula is C23H33F. The first-order valence-corrected chi connectivity index (χ1v) is 9.04. The number of hydrogen-bond donors (Lipinski definition) is 0. The molecule has 2 rings (SSSR count). The van der Waals surface area contributed by atoms with E-state index in [-0.39, 0.29) is 5.82 Å². The highest BCUT2D eigenvalue weighted by molar-refractivity contribution is 5.24. The topological polar surface area (TPSA) is 0 Å². The minimum absolute atomic E-state index is 0.158. The lowest BCUT2D eigenvalue weighted by molar-refractivity contribution is 0.533. The van der Waals surface area contributed by atoms with Crippen LogP contribution in [0.5, 0.6) is 0 Å². The molecule has 0 fully saturated rings. The molecule has 0 heterocycles. The van der Waals surface area contributed by atoms with Gasteiger partial charge in [0, 0.05) is 0 Å². The Hall–Kier alpha value is -1.63. The molecule has 0 unspecified atom stereocenters. The normalized spacial score (nSPS) is 13.4. The predicted octanol–water partition coefficient (Wildman–Crippen LogP) is 7.34. The Bertz CT molecular complexity index is 523. The van der Waals surface area contributed by atoms with Crippen molar-refractivity contribution < 1.29 is 4.39 Å². The molecule has 0 aliphatic carbocycles. The SMILES string of the molecule is CC(C)[C@H](C)c1ccc(F)cc1.Cc1ccc([C@@H](C)C(C)C)cc1. The summed E-state index contributed by atoms with van der Waals surface area (Å²) in [5.41, 5.74) is 4.01. The third kappa shape index (κ3) is 6.47. The summed E-state index contributed by atoms with van der Waals surface area (Å²) in [6.07, 6.45) is 0. The first kappa shape index (κ1) is 20.4. The molecule has 0 radical (unpaired) electrons. The van der Waals surface area contributed by atoms with Gasteiger partial charge in [-0.15, -0.1) is 0 Å². The highest BCUT2D eigenvalue weighted by Gasteiger charge is 2.09. The summed E-state index contributed by atoms with van der Waals surface area (Å²) in [4.78, 5) is 0. The molecule has 2 aromatic carbocycles. The first-order valence-electron chi connectivity index (χ1n) is 9.04. The Labute approximate surface area is 148 Å². The molecule has 0 saturated carbocycles. The van der Waals surface area contributed by atoms with Gasteiger partial charge in [0.1, 0.15) is 5.82 Å². The van der Waals surface area contributed by atoms with E-state index in [1.165, 1.54) is 28.8 Å². The molecular weight excluding hydrogens is 295 g/mol. The van der Waals surface area contributed by atoms with Crippen molar-refractivity contribution in [1.82, 2.24) is 0 Å². The molecule has 0 aliphatic rings. The van der Waals surface area contributed by atoms with Gasteiger partial charge in [0.05, 0.1) is 0 Å². The molecule has 1 heteroatoms. The number of hydrogen-bond acceptors (Lipinski definition) is 0. The third-order valence-electron chi connectivity index (χ3n) is 5.00. The van der Waals surface area contributed by atoms with Crippen LogP contribution in [0.1, 0.15) is 70.1 Å². The van der Waals surface area contributed by atoms with Gasteiger partial charge in [-0.3, -0.25) is 0 Å². The summed E-state index contributed by atoms with van der Waals surface area (Å²) >= 11 is 0. The van der Waals surface area contributed by atoms with Crippen molar-refractivity contribution in [2.75, 3.05) is 0 Å². The van der Waals surface area contributed by atoms with Gasteiger partial charge < -0.3 is 0 Å². The van der Waals surface area contributed by atoms with Gasteiger partial charge in [-0.1, -0.05) is 83.5 Å². The van der Waals surface area contributed by atoms with Crippen LogP contribution >= 0.6 is 0 Å². The zero-order chi connectivity index (χ0) is 18.3. The first-order chi connectivity index (χ1) is 11.2. The predicted molar refractivity (Wildman–Crippen MR) is 104 cm³/mol. The maximum Gasteiger partial charge on any atom is 0.123 e. The van der Waals surface area contributed by atoms with E-state index in [1.54, 1.807) is 0 Å². The molecule has 0 spiro atoms. The molecule has 0 bridgehead atoms. The summed E-state index contributed by atoms with van der Waals surface area (Å²) in [6, 6.07) is 15.6. The van der Waals surface area contributed by atoms with E-state index in [9.17, 15) is 4.39 Å². The smallest absolute Gasteiger partial charge is 0.123 e. The summed E-state index contributed by atoms with van der Waals surface area (Å²) in [5.74, 6) is 2.36. The van der Waals surface area contributed by atoms with E-state index in [0.29, 0.717) is 17.8 Å². The van der Waals surface area contributed by atoms with Crippen LogP contribution in [0.3, 0.4) is 0 Å². The molecule has 0 amide bonds. The van der Waals surface area contributed by atoms with E-state index < -0.39 is 0 Å². The van der Waals surface area contributed by atoms with E-state index in [1.807, 2.05) is 12.1 Å². The van der Waals surface area contributed by atoms with E-state index in [2.05, 4.69) is 72.7 Å². The van der Waals surface area contributed by atoms with Crippen LogP contribution in [0.15, 0.2) is 48.5 Å². The van der Waals surface area contributed by atoms with Crippen LogP contribution in [-0.2, 0) is 0 Å². The molecule has 24 heavy (non-hydrogen) atoms. The van der Waals surface area contributed by atoms with Gasteiger partial charge in [-0.2, -0.15) is 0 Å². The van der Waals surface area contributed by atoms with Crippen molar-refractivity contribution in [3.05, 3.63) is 71.0 Å². The fourth-order valence-electron chi connectivity index (χ4n) is 2.41. The molecule has 0 aliphatic heterocycles. The molecule has 132 valence electrons. The average molecular weight is 329 g/mol. The van der Waals surface area contributed by atoms with Crippen LogP contribution in [0.4, 0.5) is 4.39 Å². The number of aryl methyl sites for hydroxylation is 1. The fraction of sp³-hybridized carbons (Fsp3) is 0.478. The molecule has 0 N–H and O–H groups in total. The largest absolute Gasteiger partial charge is 0.207 e. The molecule has 0 aromatic heterocycles. The van der Waals surface area contributed by atoms with Crippen LogP contribution in [0.25, 0.3) is 0 Å².